The van der Waals surface area contributed by atoms with Crippen LogP contribution in [0.2, 0.25) is 0 Å². The maximum absolute atomic E-state index is 10.9. The smallest absolute Gasteiger partial charge is 0.328 e. The molecule has 0 amide bonds. The Hall–Kier alpha value is -1.65. The summed E-state index contributed by atoms with van der Waals surface area (Å²) in [6, 6.07) is 1.79. The van der Waals surface area contributed by atoms with Crippen molar-refractivity contribution >= 4 is 11.8 Å². The number of anilines is 1. The van der Waals surface area contributed by atoms with Crippen LogP contribution in [0.1, 0.15) is 32.9 Å². The quantitative estimate of drug-likeness (QED) is 0.794. The van der Waals surface area contributed by atoms with Crippen LogP contribution >= 0.6 is 0 Å². The Morgan fingerprint density at radius 3 is 2.75 bits per heavy atom. The van der Waals surface area contributed by atoms with Gasteiger partial charge in [0, 0.05) is 11.8 Å². The van der Waals surface area contributed by atoms with Gasteiger partial charge in [0.2, 0.25) is 0 Å². The van der Waals surface area contributed by atoms with E-state index in [4.69, 9.17) is 5.11 Å². The maximum atomic E-state index is 10.9. The van der Waals surface area contributed by atoms with E-state index in [1.54, 1.807) is 19.9 Å². The number of rotatable bonds is 5. The molecule has 0 fully saturated rings. The standard InChI is InChI=1S/C11H17N3O2/c1-4-5-8-6-9(13-7-12-8)14-11(2,3)10(15)16/h6-7H,4-5H2,1-3H3,(H,15,16)(H,12,13,14). The third kappa shape index (κ3) is 3.18. The number of nitrogens with zero attached hydrogens (tertiary/aromatic N) is 2. The Morgan fingerprint density at radius 1 is 1.50 bits per heavy atom. The zero-order valence-electron chi connectivity index (χ0n) is 9.82. The largest absolute Gasteiger partial charge is 0.480 e. The van der Waals surface area contributed by atoms with Crippen LogP contribution in [0.25, 0.3) is 0 Å². The molecule has 16 heavy (non-hydrogen) atoms. The summed E-state index contributed by atoms with van der Waals surface area (Å²) in [6.07, 6.45) is 3.31. The highest BCUT2D eigenvalue weighted by Gasteiger charge is 2.27. The summed E-state index contributed by atoms with van der Waals surface area (Å²) < 4.78 is 0. The lowest BCUT2D eigenvalue weighted by Crippen LogP contribution is -2.40. The van der Waals surface area contributed by atoms with Gasteiger partial charge in [-0.3, -0.25) is 0 Å². The van der Waals surface area contributed by atoms with Gasteiger partial charge in [-0.25, -0.2) is 14.8 Å². The molecule has 0 radical (unpaired) electrons. The van der Waals surface area contributed by atoms with Crippen molar-refractivity contribution in [2.24, 2.45) is 0 Å². The first kappa shape index (κ1) is 12.4. The highest BCUT2D eigenvalue weighted by atomic mass is 16.4. The van der Waals surface area contributed by atoms with Crippen molar-refractivity contribution in [3.8, 4) is 0 Å². The number of aliphatic carboxylic acids is 1. The lowest BCUT2D eigenvalue weighted by atomic mass is 10.1. The molecule has 1 aromatic rings. The third-order valence-corrected chi connectivity index (χ3v) is 2.21. The number of aryl methyl sites for hydroxylation is 1. The molecule has 0 aliphatic rings. The number of carbonyl (C=O) groups is 1. The first-order chi connectivity index (χ1) is 7.45. The molecule has 5 heteroatoms. The Bertz CT molecular complexity index is 377. The molecule has 1 aromatic heterocycles. The second kappa shape index (κ2) is 4.92. The van der Waals surface area contributed by atoms with E-state index in [-0.39, 0.29) is 0 Å². The Morgan fingerprint density at radius 2 is 2.19 bits per heavy atom. The Kier molecular flexibility index (Phi) is 3.82. The summed E-state index contributed by atoms with van der Waals surface area (Å²) in [7, 11) is 0. The number of carboxylic acid groups (broad SMARTS) is 1. The van der Waals surface area contributed by atoms with Gasteiger partial charge in [-0.1, -0.05) is 13.3 Å². The summed E-state index contributed by atoms with van der Waals surface area (Å²) in [5, 5.41) is 11.8. The molecule has 0 aliphatic heterocycles. The van der Waals surface area contributed by atoms with E-state index in [1.165, 1.54) is 6.33 Å². The average molecular weight is 223 g/mol. The Balaban J connectivity index is 2.81. The molecule has 0 aliphatic carbocycles. The van der Waals surface area contributed by atoms with E-state index < -0.39 is 11.5 Å². The van der Waals surface area contributed by atoms with E-state index in [2.05, 4.69) is 22.2 Å². The number of hydrogen-bond donors (Lipinski definition) is 2. The van der Waals surface area contributed by atoms with Crippen LogP contribution in [-0.4, -0.2) is 26.6 Å². The highest BCUT2D eigenvalue weighted by Crippen LogP contribution is 2.13. The first-order valence-electron chi connectivity index (χ1n) is 5.28. The monoisotopic (exact) mass is 223 g/mol. The van der Waals surface area contributed by atoms with Crippen LogP contribution in [0, 0.1) is 0 Å². The van der Waals surface area contributed by atoms with Crippen molar-refractivity contribution in [2.75, 3.05) is 5.32 Å². The van der Waals surface area contributed by atoms with Gasteiger partial charge >= 0.3 is 5.97 Å². The molecule has 5 nitrogen and oxygen atoms in total. The molecule has 0 unspecified atom stereocenters. The van der Waals surface area contributed by atoms with Crippen molar-refractivity contribution in [1.29, 1.82) is 0 Å². The van der Waals surface area contributed by atoms with Crippen molar-refractivity contribution in [1.82, 2.24) is 9.97 Å². The second-order valence-corrected chi connectivity index (χ2v) is 4.20. The highest BCUT2D eigenvalue weighted by molar-refractivity contribution is 5.81. The van der Waals surface area contributed by atoms with E-state index in [0.29, 0.717) is 5.82 Å². The van der Waals surface area contributed by atoms with Crippen LogP contribution in [0.4, 0.5) is 5.82 Å². The van der Waals surface area contributed by atoms with Crippen LogP contribution in [0.5, 0.6) is 0 Å². The minimum Gasteiger partial charge on any atom is -0.480 e. The number of nitrogens with one attached hydrogen (secondary N) is 1. The fraction of sp³-hybridized carbons (Fsp3) is 0.545. The fourth-order valence-electron chi connectivity index (χ4n) is 1.23. The number of aromatic nitrogens is 2. The van der Waals surface area contributed by atoms with Crippen LogP contribution in [-0.2, 0) is 11.2 Å². The molecule has 2 N–H and O–H groups in total. The SMILES string of the molecule is CCCc1cc(NC(C)(C)C(=O)O)ncn1. The van der Waals surface area contributed by atoms with Crippen molar-refractivity contribution in [3.63, 3.8) is 0 Å². The zero-order valence-corrected chi connectivity index (χ0v) is 9.82. The van der Waals surface area contributed by atoms with Gasteiger partial charge in [0.15, 0.2) is 0 Å². The number of hydrogen-bond acceptors (Lipinski definition) is 4. The van der Waals surface area contributed by atoms with E-state index >= 15 is 0 Å². The molecule has 1 rings (SSSR count). The lowest BCUT2D eigenvalue weighted by molar-refractivity contribution is -0.141. The van der Waals surface area contributed by atoms with E-state index in [9.17, 15) is 4.79 Å². The van der Waals surface area contributed by atoms with Gasteiger partial charge in [-0.15, -0.1) is 0 Å². The summed E-state index contributed by atoms with van der Waals surface area (Å²) in [5.74, 6) is -0.367. The van der Waals surface area contributed by atoms with Gasteiger partial charge in [0.1, 0.15) is 17.7 Å². The normalized spacial score (nSPS) is 11.2. The minimum absolute atomic E-state index is 0.547. The molecule has 88 valence electrons. The van der Waals surface area contributed by atoms with Crippen molar-refractivity contribution < 1.29 is 9.90 Å². The average Bonchev–Trinajstić information content (AvgIpc) is 2.17. The van der Waals surface area contributed by atoms with Crippen molar-refractivity contribution in [2.45, 2.75) is 39.2 Å². The molecule has 0 aromatic carbocycles. The molecular formula is C11H17N3O2. The predicted octanol–water partition coefficient (Wildman–Crippen LogP) is 1.70. The minimum atomic E-state index is -1.03. The third-order valence-electron chi connectivity index (χ3n) is 2.21. The van der Waals surface area contributed by atoms with Gasteiger partial charge in [0.05, 0.1) is 0 Å². The summed E-state index contributed by atoms with van der Waals surface area (Å²) in [6.45, 7) is 5.25. The predicted molar refractivity (Wildman–Crippen MR) is 61.4 cm³/mol. The van der Waals surface area contributed by atoms with E-state index in [0.717, 1.165) is 18.5 Å². The van der Waals surface area contributed by atoms with Gasteiger partial charge in [-0.2, -0.15) is 0 Å². The maximum Gasteiger partial charge on any atom is 0.328 e. The summed E-state index contributed by atoms with van der Waals surface area (Å²) in [5.41, 5.74) is -0.112. The second-order valence-electron chi connectivity index (χ2n) is 4.20. The molecule has 0 saturated carbocycles. The lowest BCUT2D eigenvalue weighted by Gasteiger charge is -2.21. The summed E-state index contributed by atoms with van der Waals surface area (Å²) >= 11 is 0. The van der Waals surface area contributed by atoms with Crippen LogP contribution in [0.3, 0.4) is 0 Å². The molecule has 1 heterocycles. The topological polar surface area (TPSA) is 75.1 Å². The van der Waals surface area contributed by atoms with Crippen LogP contribution < -0.4 is 5.32 Å². The fourth-order valence-corrected chi connectivity index (χ4v) is 1.23. The van der Waals surface area contributed by atoms with Gasteiger partial charge in [0.25, 0.3) is 0 Å². The van der Waals surface area contributed by atoms with Crippen molar-refractivity contribution in [3.05, 3.63) is 18.1 Å². The van der Waals surface area contributed by atoms with Gasteiger partial charge in [-0.05, 0) is 20.3 Å². The zero-order chi connectivity index (χ0) is 12.2. The summed E-state index contributed by atoms with van der Waals surface area (Å²) in [4.78, 5) is 19.0. The molecule has 0 saturated heterocycles. The molecule has 0 bridgehead atoms. The van der Waals surface area contributed by atoms with E-state index in [1.807, 2.05) is 0 Å². The molecular weight excluding hydrogens is 206 g/mol. The number of carboxylic acids is 1. The molecule has 0 spiro atoms. The molecule has 0 atom stereocenters. The van der Waals surface area contributed by atoms with Gasteiger partial charge < -0.3 is 10.4 Å². The first-order valence-corrected chi connectivity index (χ1v) is 5.28. The Labute approximate surface area is 94.9 Å². The van der Waals surface area contributed by atoms with Crippen LogP contribution in [0.15, 0.2) is 12.4 Å².